The Kier molecular flexibility index (Phi) is 5.84. The van der Waals surface area contributed by atoms with Crippen LogP contribution < -0.4 is 5.32 Å². The van der Waals surface area contributed by atoms with Gasteiger partial charge in [0.25, 0.3) is 0 Å². The molecule has 25 heavy (non-hydrogen) atoms. The van der Waals surface area contributed by atoms with Gasteiger partial charge in [-0.15, -0.1) is 0 Å². The highest BCUT2D eigenvalue weighted by Crippen LogP contribution is 2.23. The van der Waals surface area contributed by atoms with Crippen molar-refractivity contribution in [2.45, 2.75) is 6.92 Å². The number of rotatable bonds is 6. The quantitative estimate of drug-likeness (QED) is 0.527. The van der Waals surface area contributed by atoms with E-state index in [1.807, 2.05) is 12.1 Å². The van der Waals surface area contributed by atoms with Crippen LogP contribution in [0, 0.1) is 0 Å². The molecule has 0 saturated carbocycles. The van der Waals surface area contributed by atoms with Gasteiger partial charge in [0.15, 0.2) is 0 Å². The molecule has 124 valence electrons. The highest BCUT2D eigenvalue weighted by molar-refractivity contribution is 5.81. The van der Waals surface area contributed by atoms with Crippen LogP contribution in [0.25, 0.3) is 11.6 Å². The van der Waals surface area contributed by atoms with Crippen LogP contribution >= 0.6 is 0 Å². The van der Waals surface area contributed by atoms with Crippen molar-refractivity contribution in [2.75, 3.05) is 11.9 Å². The van der Waals surface area contributed by atoms with Crippen LogP contribution in [0.5, 0.6) is 0 Å². The first kappa shape index (κ1) is 16.8. The Morgan fingerprint density at radius 1 is 0.760 bits per heavy atom. The van der Waals surface area contributed by atoms with Gasteiger partial charge in [-0.3, -0.25) is 0 Å². The van der Waals surface area contributed by atoms with Gasteiger partial charge in [-0.05, 0) is 41.3 Å². The molecule has 1 nitrogen and oxygen atoms in total. The van der Waals surface area contributed by atoms with Crippen LogP contribution in [0.2, 0.25) is 0 Å². The van der Waals surface area contributed by atoms with E-state index in [0.717, 1.165) is 12.2 Å². The van der Waals surface area contributed by atoms with E-state index in [9.17, 15) is 0 Å². The van der Waals surface area contributed by atoms with Crippen LogP contribution in [0.1, 0.15) is 23.6 Å². The maximum Gasteiger partial charge on any atom is 0.0340 e. The zero-order valence-electron chi connectivity index (χ0n) is 14.5. The molecular weight excluding hydrogens is 302 g/mol. The second kappa shape index (κ2) is 8.70. The van der Waals surface area contributed by atoms with Crippen LogP contribution in [0.3, 0.4) is 0 Å². The maximum absolute atomic E-state index is 3.32. The standard InChI is InChI=1S/C24H23N/c1-2-25-23-18-16-20(17-19-23)10-9-15-24(21-11-5-3-6-12-21)22-13-7-4-8-14-22/h3-19,25H,2H2,1H3. The zero-order valence-corrected chi connectivity index (χ0v) is 14.5. The summed E-state index contributed by atoms with van der Waals surface area (Å²) in [5.41, 5.74) is 6.02. The molecule has 0 spiro atoms. The van der Waals surface area contributed by atoms with Crippen LogP contribution in [-0.4, -0.2) is 6.54 Å². The molecule has 0 aliphatic rings. The lowest BCUT2D eigenvalue weighted by Gasteiger charge is -2.07. The second-order valence-corrected chi connectivity index (χ2v) is 5.82. The SMILES string of the molecule is CCNc1ccc(C=CC=C(c2ccccc2)c2ccccc2)cc1. The van der Waals surface area contributed by atoms with Crippen LogP contribution in [0.15, 0.2) is 97.1 Å². The van der Waals surface area contributed by atoms with Crippen molar-refractivity contribution in [3.8, 4) is 0 Å². The second-order valence-electron chi connectivity index (χ2n) is 5.82. The van der Waals surface area contributed by atoms with E-state index >= 15 is 0 Å². The number of hydrogen-bond donors (Lipinski definition) is 1. The maximum atomic E-state index is 3.32. The molecule has 0 aliphatic carbocycles. The molecule has 0 atom stereocenters. The average molecular weight is 325 g/mol. The highest BCUT2D eigenvalue weighted by Gasteiger charge is 2.02. The molecule has 3 aromatic carbocycles. The number of benzene rings is 3. The summed E-state index contributed by atoms with van der Waals surface area (Å²) in [5, 5.41) is 3.32. The van der Waals surface area contributed by atoms with Gasteiger partial charge in [0.2, 0.25) is 0 Å². The van der Waals surface area contributed by atoms with E-state index in [-0.39, 0.29) is 0 Å². The van der Waals surface area contributed by atoms with Crippen molar-refractivity contribution in [2.24, 2.45) is 0 Å². The predicted molar refractivity (Wildman–Crippen MR) is 110 cm³/mol. The van der Waals surface area contributed by atoms with Gasteiger partial charge >= 0.3 is 0 Å². The van der Waals surface area contributed by atoms with Crippen molar-refractivity contribution < 1.29 is 0 Å². The Hall–Kier alpha value is -3.06. The van der Waals surface area contributed by atoms with E-state index in [2.05, 4.69) is 103 Å². The third-order valence-electron chi connectivity index (χ3n) is 4.01. The predicted octanol–water partition coefficient (Wildman–Crippen LogP) is 6.26. The van der Waals surface area contributed by atoms with E-state index in [4.69, 9.17) is 0 Å². The fraction of sp³-hybridized carbons (Fsp3) is 0.0833. The topological polar surface area (TPSA) is 12.0 Å². The molecule has 0 amide bonds. The lowest BCUT2D eigenvalue weighted by molar-refractivity contribution is 1.21. The van der Waals surface area contributed by atoms with E-state index < -0.39 is 0 Å². The van der Waals surface area contributed by atoms with Crippen molar-refractivity contribution in [1.29, 1.82) is 0 Å². The van der Waals surface area contributed by atoms with Crippen molar-refractivity contribution in [1.82, 2.24) is 0 Å². The van der Waals surface area contributed by atoms with Gasteiger partial charge < -0.3 is 5.32 Å². The first-order valence-electron chi connectivity index (χ1n) is 8.70. The fourth-order valence-electron chi connectivity index (χ4n) is 2.77. The lowest BCUT2D eigenvalue weighted by atomic mass is 9.97. The highest BCUT2D eigenvalue weighted by atomic mass is 14.8. The minimum absolute atomic E-state index is 0.940. The summed E-state index contributed by atoms with van der Waals surface area (Å²) >= 11 is 0. The van der Waals surface area contributed by atoms with Gasteiger partial charge in [0.05, 0.1) is 0 Å². The number of nitrogens with one attached hydrogen (secondary N) is 1. The fourth-order valence-corrected chi connectivity index (χ4v) is 2.77. The minimum atomic E-state index is 0.940. The summed E-state index contributed by atoms with van der Waals surface area (Å²) in [5.74, 6) is 0. The smallest absolute Gasteiger partial charge is 0.0340 e. The van der Waals surface area contributed by atoms with E-state index in [1.54, 1.807) is 0 Å². The van der Waals surface area contributed by atoms with Gasteiger partial charge in [-0.2, -0.15) is 0 Å². The molecule has 0 aromatic heterocycles. The summed E-state index contributed by atoms with van der Waals surface area (Å²) in [7, 11) is 0. The molecule has 0 fully saturated rings. The molecule has 0 saturated heterocycles. The molecule has 0 unspecified atom stereocenters. The van der Waals surface area contributed by atoms with Crippen molar-refractivity contribution in [3.63, 3.8) is 0 Å². The first-order valence-corrected chi connectivity index (χ1v) is 8.70. The lowest BCUT2D eigenvalue weighted by Crippen LogP contribution is -1.95. The van der Waals surface area contributed by atoms with Crippen LogP contribution in [-0.2, 0) is 0 Å². The molecular formula is C24H23N. The first-order chi connectivity index (χ1) is 12.4. The Bertz CT molecular complexity index is 787. The summed E-state index contributed by atoms with van der Waals surface area (Å²) in [6, 6.07) is 29.5. The van der Waals surface area contributed by atoms with E-state index in [0.29, 0.717) is 0 Å². The summed E-state index contributed by atoms with van der Waals surface area (Å²) in [6.45, 7) is 3.04. The molecule has 0 bridgehead atoms. The van der Waals surface area contributed by atoms with Crippen molar-refractivity contribution in [3.05, 3.63) is 114 Å². The molecule has 3 aromatic rings. The van der Waals surface area contributed by atoms with Gasteiger partial charge in [-0.25, -0.2) is 0 Å². The summed E-state index contributed by atoms with van der Waals surface area (Å²) in [6.07, 6.45) is 6.45. The van der Waals surface area contributed by atoms with Gasteiger partial charge in [0.1, 0.15) is 0 Å². The Morgan fingerprint density at radius 2 is 1.32 bits per heavy atom. The molecule has 3 rings (SSSR count). The Morgan fingerprint density at radius 3 is 1.84 bits per heavy atom. The summed E-state index contributed by atoms with van der Waals surface area (Å²) < 4.78 is 0. The molecule has 0 heterocycles. The zero-order chi connectivity index (χ0) is 17.3. The average Bonchev–Trinajstić information content (AvgIpc) is 2.68. The Labute approximate surface area is 150 Å². The molecule has 1 N–H and O–H groups in total. The normalized spacial score (nSPS) is 10.6. The largest absolute Gasteiger partial charge is 0.385 e. The van der Waals surface area contributed by atoms with Crippen molar-refractivity contribution >= 4 is 17.3 Å². The third-order valence-corrected chi connectivity index (χ3v) is 4.01. The number of anilines is 1. The molecule has 1 heteroatoms. The Balaban J connectivity index is 1.86. The molecule has 0 radical (unpaired) electrons. The molecule has 0 aliphatic heterocycles. The number of hydrogen-bond acceptors (Lipinski definition) is 1. The van der Waals surface area contributed by atoms with Crippen LogP contribution in [0.4, 0.5) is 5.69 Å². The monoisotopic (exact) mass is 325 g/mol. The number of allylic oxidation sites excluding steroid dienone is 2. The van der Waals surface area contributed by atoms with Gasteiger partial charge in [0, 0.05) is 12.2 Å². The third kappa shape index (κ3) is 4.71. The van der Waals surface area contributed by atoms with Gasteiger partial charge in [-0.1, -0.05) is 91.0 Å². The minimum Gasteiger partial charge on any atom is -0.385 e. The van der Waals surface area contributed by atoms with E-state index in [1.165, 1.54) is 22.3 Å². The summed E-state index contributed by atoms with van der Waals surface area (Å²) in [4.78, 5) is 0.